The van der Waals surface area contributed by atoms with E-state index in [2.05, 4.69) is 5.32 Å². The summed E-state index contributed by atoms with van der Waals surface area (Å²) in [5, 5.41) is 13.4. The number of hydrogen-bond acceptors (Lipinski definition) is 4. The number of amides is 1. The molecule has 0 aliphatic carbocycles. The van der Waals surface area contributed by atoms with Gasteiger partial charge in [0.15, 0.2) is 0 Å². The van der Waals surface area contributed by atoms with Crippen molar-refractivity contribution < 1.29 is 14.5 Å². The van der Waals surface area contributed by atoms with Crippen LogP contribution in [-0.2, 0) is 4.74 Å². The summed E-state index contributed by atoms with van der Waals surface area (Å²) in [4.78, 5) is 22.0. The van der Waals surface area contributed by atoms with Crippen molar-refractivity contribution in [3.63, 3.8) is 0 Å². The maximum atomic E-state index is 11.9. The lowest BCUT2D eigenvalue weighted by Gasteiger charge is -2.22. The molecule has 0 saturated carbocycles. The zero-order valence-electron chi connectivity index (χ0n) is 10.8. The van der Waals surface area contributed by atoms with Gasteiger partial charge in [-0.1, -0.05) is 11.6 Å². The second-order valence-corrected chi connectivity index (χ2v) is 5.10. The molecule has 1 amide bonds. The third kappa shape index (κ3) is 3.68. The van der Waals surface area contributed by atoms with E-state index in [0.717, 1.165) is 26.1 Å². The van der Waals surface area contributed by atoms with Crippen LogP contribution in [0.15, 0.2) is 18.2 Å². The van der Waals surface area contributed by atoms with E-state index < -0.39 is 4.92 Å². The molecule has 6 nitrogen and oxygen atoms in total. The number of benzene rings is 1. The van der Waals surface area contributed by atoms with Crippen LogP contribution in [0.1, 0.15) is 23.2 Å². The van der Waals surface area contributed by atoms with Gasteiger partial charge >= 0.3 is 0 Å². The molecule has 2 rings (SSSR count). The number of halogens is 1. The number of nitrogens with zero attached hydrogens (tertiary/aromatic N) is 1. The Bertz CT molecular complexity index is 515. The van der Waals surface area contributed by atoms with Crippen LogP contribution < -0.4 is 5.32 Å². The van der Waals surface area contributed by atoms with Crippen molar-refractivity contribution in [2.75, 3.05) is 19.8 Å². The van der Waals surface area contributed by atoms with E-state index in [1.165, 1.54) is 18.2 Å². The molecule has 0 bridgehead atoms. The van der Waals surface area contributed by atoms with Crippen LogP contribution in [0.5, 0.6) is 0 Å². The first kappa shape index (κ1) is 14.7. The van der Waals surface area contributed by atoms with Crippen molar-refractivity contribution in [1.82, 2.24) is 5.32 Å². The second kappa shape index (κ2) is 6.67. The first-order chi connectivity index (χ1) is 9.58. The molecule has 0 radical (unpaired) electrons. The van der Waals surface area contributed by atoms with E-state index in [1.54, 1.807) is 0 Å². The fourth-order valence-electron chi connectivity index (χ4n) is 2.09. The number of nitrogens with one attached hydrogen (secondary N) is 1. The van der Waals surface area contributed by atoms with E-state index in [1.807, 2.05) is 0 Å². The van der Waals surface area contributed by atoms with E-state index in [0.29, 0.717) is 18.0 Å². The summed E-state index contributed by atoms with van der Waals surface area (Å²) in [5.41, 5.74) is 0.125. The maximum absolute atomic E-state index is 11.9. The quantitative estimate of drug-likeness (QED) is 0.683. The van der Waals surface area contributed by atoms with Gasteiger partial charge in [0.1, 0.15) is 5.02 Å². The molecule has 1 fully saturated rings. The summed E-state index contributed by atoms with van der Waals surface area (Å²) >= 11 is 5.78. The van der Waals surface area contributed by atoms with Gasteiger partial charge in [0.05, 0.1) is 4.92 Å². The number of rotatable bonds is 4. The Morgan fingerprint density at radius 1 is 1.45 bits per heavy atom. The summed E-state index contributed by atoms with van der Waals surface area (Å²) in [5.74, 6) is 0.148. The average molecular weight is 299 g/mol. The average Bonchev–Trinajstić information content (AvgIpc) is 2.45. The Morgan fingerprint density at radius 2 is 2.15 bits per heavy atom. The smallest absolute Gasteiger partial charge is 0.287 e. The van der Waals surface area contributed by atoms with Gasteiger partial charge < -0.3 is 10.1 Å². The van der Waals surface area contributed by atoms with Crippen LogP contribution in [-0.4, -0.2) is 30.6 Å². The molecule has 20 heavy (non-hydrogen) atoms. The third-order valence-corrected chi connectivity index (χ3v) is 3.60. The van der Waals surface area contributed by atoms with Crippen LogP contribution in [0.4, 0.5) is 5.69 Å². The number of hydrogen-bond donors (Lipinski definition) is 1. The van der Waals surface area contributed by atoms with Crippen molar-refractivity contribution in [1.29, 1.82) is 0 Å². The predicted octanol–water partition coefficient (Wildman–Crippen LogP) is 2.40. The summed E-state index contributed by atoms with van der Waals surface area (Å²) < 4.78 is 5.25. The molecule has 1 aromatic carbocycles. The normalized spacial score (nSPS) is 15.8. The lowest BCUT2D eigenvalue weighted by Crippen LogP contribution is -2.32. The number of nitro benzene ring substituents is 1. The lowest BCUT2D eigenvalue weighted by atomic mass is 10.0. The standard InChI is InChI=1S/C13H15ClN2O4/c14-11-7-10(1-2-12(11)16(18)19)13(17)15-8-9-3-5-20-6-4-9/h1-2,7,9H,3-6,8H2,(H,15,17). The molecule has 7 heteroatoms. The van der Waals surface area contributed by atoms with Gasteiger partial charge in [0.2, 0.25) is 0 Å². The Hall–Kier alpha value is -1.66. The minimum Gasteiger partial charge on any atom is -0.381 e. The molecule has 0 atom stereocenters. The van der Waals surface area contributed by atoms with Crippen LogP contribution in [0.3, 0.4) is 0 Å². The molecule has 1 aromatic rings. The molecular weight excluding hydrogens is 284 g/mol. The van der Waals surface area contributed by atoms with Gasteiger partial charge in [0, 0.05) is 31.4 Å². The van der Waals surface area contributed by atoms with Crippen LogP contribution in [0, 0.1) is 16.0 Å². The fourth-order valence-corrected chi connectivity index (χ4v) is 2.34. The number of carbonyl (C=O) groups is 1. The molecule has 0 spiro atoms. The van der Waals surface area contributed by atoms with Crippen LogP contribution in [0.25, 0.3) is 0 Å². The molecule has 1 aliphatic rings. The molecule has 1 heterocycles. The summed E-state index contributed by atoms with van der Waals surface area (Å²) in [6.45, 7) is 2.03. The van der Waals surface area contributed by atoms with Crippen molar-refractivity contribution in [3.8, 4) is 0 Å². The number of ether oxygens (including phenoxy) is 1. The van der Waals surface area contributed by atoms with Gasteiger partial charge in [-0.05, 0) is 30.9 Å². The Labute approximate surface area is 121 Å². The van der Waals surface area contributed by atoms with E-state index >= 15 is 0 Å². The molecular formula is C13H15ClN2O4. The van der Waals surface area contributed by atoms with Crippen LogP contribution in [0.2, 0.25) is 5.02 Å². The largest absolute Gasteiger partial charge is 0.381 e. The van der Waals surface area contributed by atoms with Crippen molar-refractivity contribution in [2.24, 2.45) is 5.92 Å². The highest BCUT2D eigenvalue weighted by Gasteiger charge is 2.17. The molecule has 0 aromatic heterocycles. The van der Waals surface area contributed by atoms with Crippen molar-refractivity contribution in [2.45, 2.75) is 12.8 Å². The highest BCUT2D eigenvalue weighted by Crippen LogP contribution is 2.25. The summed E-state index contributed by atoms with van der Waals surface area (Å²) in [6, 6.07) is 3.97. The van der Waals surface area contributed by atoms with Gasteiger partial charge in [-0.2, -0.15) is 0 Å². The fraction of sp³-hybridized carbons (Fsp3) is 0.462. The van der Waals surface area contributed by atoms with Gasteiger partial charge in [-0.25, -0.2) is 0 Å². The minimum absolute atomic E-state index is 0.0336. The molecule has 1 N–H and O–H groups in total. The highest BCUT2D eigenvalue weighted by atomic mass is 35.5. The topological polar surface area (TPSA) is 81.5 Å². The molecule has 0 unspecified atom stereocenters. The van der Waals surface area contributed by atoms with Gasteiger partial charge in [-0.15, -0.1) is 0 Å². The SMILES string of the molecule is O=C(NCC1CCOCC1)c1ccc([N+](=O)[O-])c(Cl)c1. The lowest BCUT2D eigenvalue weighted by molar-refractivity contribution is -0.384. The highest BCUT2D eigenvalue weighted by molar-refractivity contribution is 6.33. The Morgan fingerprint density at radius 3 is 2.75 bits per heavy atom. The monoisotopic (exact) mass is 298 g/mol. The summed E-state index contributed by atoms with van der Waals surface area (Å²) in [7, 11) is 0. The molecule has 108 valence electrons. The number of nitro groups is 1. The first-order valence-corrected chi connectivity index (χ1v) is 6.75. The molecule has 1 aliphatic heterocycles. The minimum atomic E-state index is -0.577. The predicted molar refractivity (Wildman–Crippen MR) is 74.0 cm³/mol. The maximum Gasteiger partial charge on any atom is 0.287 e. The third-order valence-electron chi connectivity index (χ3n) is 3.30. The zero-order valence-corrected chi connectivity index (χ0v) is 11.6. The van der Waals surface area contributed by atoms with Crippen molar-refractivity contribution >= 4 is 23.2 Å². The zero-order chi connectivity index (χ0) is 14.5. The van der Waals surface area contributed by atoms with Gasteiger partial charge in [0.25, 0.3) is 11.6 Å². The van der Waals surface area contributed by atoms with Crippen molar-refractivity contribution in [3.05, 3.63) is 38.9 Å². The van der Waals surface area contributed by atoms with E-state index in [-0.39, 0.29) is 16.6 Å². The van der Waals surface area contributed by atoms with Crippen LogP contribution >= 0.6 is 11.6 Å². The second-order valence-electron chi connectivity index (χ2n) is 4.69. The number of carbonyl (C=O) groups excluding carboxylic acids is 1. The Kier molecular flexibility index (Phi) is 4.92. The molecule has 1 saturated heterocycles. The first-order valence-electron chi connectivity index (χ1n) is 6.38. The van der Waals surface area contributed by atoms with Gasteiger partial charge in [-0.3, -0.25) is 14.9 Å². The van der Waals surface area contributed by atoms with E-state index in [4.69, 9.17) is 16.3 Å². The Balaban J connectivity index is 1.95. The summed E-state index contributed by atoms with van der Waals surface area (Å²) in [6.07, 6.45) is 1.86. The van der Waals surface area contributed by atoms with E-state index in [9.17, 15) is 14.9 Å².